The van der Waals surface area contributed by atoms with Gasteiger partial charge in [0.25, 0.3) is 0 Å². The Labute approximate surface area is 140 Å². The van der Waals surface area contributed by atoms with Crippen molar-refractivity contribution in [2.24, 2.45) is 0 Å². The molecule has 0 bridgehead atoms. The first-order chi connectivity index (χ1) is 11.7. The van der Waals surface area contributed by atoms with Crippen molar-refractivity contribution in [3.8, 4) is 0 Å². The number of aldehydes is 1. The van der Waals surface area contributed by atoms with Crippen molar-refractivity contribution in [1.29, 1.82) is 0 Å². The number of nitrogens with zero attached hydrogens (tertiary/aromatic N) is 1. The lowest BCUT2D eigenvalue weighted by Crippen LogP contribution is -2.13. The molecular formula is C20H19FN2O. The standard InChI is InChI=1S/C20H19FN2O/c1-2-22-12-17-9-16-8-15(7-14-3-5-19(21)6-4-14)11-23-20(16)10-18(17)13-24/h3-6,8-11,13,22H,2,7,12H2,1H3. The summed E-state index contributed by atoms with van der Waals surface area (Å²) in [5.74, 6) is -0.232. The van der Waals surface area contributed by atoms with Gasteiger partial charge in [0.1, 0.15) is 12.1 Å². The zero-order chi connectivity index (χ0) is 16.9. The lowest BCUT2D eigenvalue weighted by molar-refractivity contribution is 0.112. The minimum Gasteiger partial charge on any atom is -0.313 e. The van der Waals surface area contributed by atoms with Crippen molar-refractivity contribution >= 4 is 17.2 Å². The Morgan fingerprint density at radius 1 is 1.12 bits per heavy atom. The van der Waals surface area contributed by atoms with E-state index < -0.39 is 0 Å². The van der Waals surface area contributed by atoms with Gasteiger partial charge < -0.3 is 5.32 Å². The van der Waals surface area contributed by atoms with E-state index in [1.807, 2.05) is 25.3 Å². The molecule has 3 aromatic rings. The lowest BCUT2D eigenvalue weighted by atomic mass is 10.0. The maximum absolute atomic E-state index is 13.0. The second-order valence-electron chi connectivity index (χ2n) is 5.79. The van der Waals surface area contributed by atoms with Gasteiger partial charge in [0.15, 0.2) is 0 Å². The quantitative estimate of drug-likeness (QED) is 0.700. The molecule has 1 heterocycles. The molecule has 24 heavy (non-hydrogen) atoms. The van der Waals surface area contributed by atoms with E-state index in [0.29, 0.717) is 18.5 Å². The number of hydrogen-bond acceptors (Lipinski definition) is 3. The van der Waals surface area contributed by atoms with Gasteiger partial charge in [-0.1, -0.05) is 19.1 Å². The maximum atomic E-state index is 13.0. The van der Waals surface area contributed by atoms with E-state index in [-0.39, 0.29) is 5.82 Å². The maximum Gasteiger partial charge on any atom is 0.150 e. The smallest absolute Gasteiger partial charge is 0.150 e. The number of benzene rings is 2. The minimum atomic E-state index is -0.232. The third-order valence-corrected chi connectivity index (χ3v) is 4.01. The summed E-state index contributed by atoms with van der Waals surface area (Å²) in [5, 5.41) is 4.26. The Kier molecular flexibility index (Phi) is 4.96. The van der Waals surface area contributed by atoms with Crippen LogP contribution in [0.2, 0.25) is 0 Å². The molecule has 0 saturated heterocycles. The van der Waals surface area contributed by atoms with E-state index in [2.05, 4.69) is 16.4 Å². The number of halogens is 1. The van der Waals surface area contributed by atoms with Crippen molar-refractivity contribution in [2.75, 3.05) is 6.54 Å². The van der Waals surface area contributed by atoms with Crippen LogP contribution in [0.15, 0.2) is 48.7 Å². The highest BCUT2D eigenvalue weighted by atomic mass is 19.1. The first-order valence-electron chi connectivity index (χ1n) is 8.01. The zero-order valence-corrected chi connectivity index (χ0v) is 13.6. The van der Waals surface area contributed by atoms with Crippen LogP contribution in [-0.2, 0) is 13.0 Å². The van der Waals surface area contributed by atoms with Gasteiger partial charge in [-0.3, -0.25) is 9.78 Å². The number of fused-ring (bicyclic) bond motifs is 1. The number of carbonyl (C=O) groups is 1. The van der Waals surface area contributed by atoms with Crippen LogP contribution in [0.25, 0.3) is 10.9 Å². The van der Waals surface area contributed by atoms with Crippen LogP contribution < -0.4 is 5.32 Å². The van der Waals surface area contributed by atoms with Gasteiger partial charge in [0.2, 0.25) is 0 Å². The third-order valence-electron chi connectivity index (χ3n) is 4.01. The Hall–Kier alpha value is -2.59. The minimum absolute atomic E-state index is 0.232. The molecule has 1 aromatic heterocycles. The van der Waals surface area contributed by atoms with Gasteiger partial charge in [0.05, 0.1) is 5.52 Å². The van der Waals surface area contributed by atoms with E-state index in [1.54, 1.807) is 12.1 Å². The van der Waals surface area contributed by atoms with Crippen LogP contribution in [0.3, 0.4) is 0 Å². The van der Waals surface area contributed by atoms with Gasteiger partial charge in [0, 0.05) is 23.7 Å². The van der Waals surface area contributed by atoms with Crippen molar-refractivity contribution in [2.45, 2.75) is 19.9 Å². The van der Waals surface area contributed by atoms with Crippen molar-refractivity contribution in [1.82, 2.24) is 10.3 Å². The predicted octanol–water partition coefficient (Wildman–Crippen LogP) is 3.89. The van der Waals surface area contributed by atoms with Gasteiger partial charge >= 0.3 is 0 Å². The number of aromatic nitrogens is 1. The average Bonchev–Trinajstić information content (AvgIpc) is 2.61. The Morgan fingerprint density at radius 3 is 2.62 bits per heavy atom. The van der Waals surface area contributed by atoms with Crippen LogP contribution >= 0.6 is 0 Å². The van der Waals surface area contributed by atoms with Crippen molar-refractivity contribution in [3.63, 3.8) is 0 Å². The van der Waals surface area contributed by atoms with E-state index in [1.165, 1.54) is 12.1 Å². The SMILES string of the molecule is CCNCc1cc2cc(Cc3ccc(F)cc3)cnc2cc1C=O. The molecule has 3 nitrogen and oxygen atoms in total. The Bertz CT molecular complexity index is 859. The summed E-state index contributed by atoms with van der Waals surface area (Å²) in [6.45, 7) is 3.53. The predicted molar refractivity (Wildman–Crippen MR) is 93.7 cm³/mol. The monoisotopic (exact) mass is 322 g/mol. The molecule has 1 N–H and O–H groups in total. The molecule has 0 fully saturated rings. The van der Waals surface area contributed by atoms with E-state index in [9.17, 15) is 9.18 Å². The average molecular weight is 322 g/mol. The molecule has 4 heteroatoms. The van der Waals surface area contributed by atoms with Crippen molar-refractivity contribution in [3.05, 3.63) is 76.7 Å². The first kappa shape index (κ1) is 16.3. The fourth-order valence-electron chi connectivity index (χ4n) is 2.74. The number of nitrogens with one attached hydrogen (secondary N) is 1. The lowest BCUT2D eigenvalue weighted by Gasteiger charge is -2.09. The number of carbonyl (C=O) groups excluding carboxylic acids is 1. The normalized spacial score (nSPS) is 10.9. The molecule has 0 saturated carbocycles. The summed E-state index contributed by atoms with van der Waals surface area (Å²) < 4.78 is 13.0. The Morgan fingerprint density at radius 2 is 1.92 bits per heavy atom. The molecule has 0 spiro atoms. The topological polar surface area (TPSA) is 42.0 Å². The van der Waals surface area contributed by atoms with Crippen molar-refractivity contribution < 1.29 is 9.18 Å². The molecule has 0 unspecified atom stereocenters. The molecule has 3 rings (SSSR count). The summed E-state index contributed by atoms with van der Waals surface area (Å²) in [5.41, 5.74) is 4.54. The highest BCUT2D eigenvalue weighted by Gasteiger charge is 2.07. The van der Waals surface area contributed by atoms with E-state index >= 15 is 0 Å². The fourth-order valence-corrected chi connectivity index (χ4v) is 2.74. The summed E-state index contributed by atoms with van der Waals surface area (Å²) >= 11 is 0. The molecule has 122 valence electrons. The van der Waals surface area contributed by atoms with Gasteiger partial charge in [-0.2, -0.15) is 0 Å². The van der Waals surface area contributed by atoms with Gasteiger partial charge in [-0.25, -0.2) is 4.39 Å². The largest absolute Gasteiger partial charge is 0.313 e. The van der Waals surface area contributed by atoms with Crippen LogP contribution in [0.5, 0.6) is 0 Å². The fraction of sp³-hybridized carbons (Fsp3) is 0.200. The number of rotatable bonds is 6. The third kappa shape index (κ3) is 3.66. The van der Waals surface area contributed by atoms with Gasteiger partial charge in [-0.15, -0.1) is 0 Å². The van der Waals surface area contributed by atoms with Crippen LogP contribution in [0.1, 0.15) is 34.0 Å². The highest BCUT2D eigenvalue weighted by molar-refractivity contribution is 5.88. The first-order valence-corrected chi connectivity index (χ1v) is 8.01. The number of pyridine rings is 1. The molecule has 0 atom stereocenters. The summed E-state index contributed by atoms with van der Waals surface area (Å²) in [6.07, 6.45) is 3.38. The second-order valence-corrected chi connectivity index (χ2v) is 5.79. The molecule has 0 aliphatic rings. The van der Waals surface area contributed by atoms with E-state index in [4.69, 9.17) is 0 Å². The molecule has 0 aliphatic heterocycles. The summed E-state index contributed by atoms with van der Waals surface area (Å²) in [4.78, 5) is 15.8. The molecule has 0 radical (unpaired) electrons. The van der Waals surface area contributed by atoms with Crippen LogP contribution in [0, 0.1) is 5.82 Å². The molecule has 0 amide bonds. The second kappa shape index (κ2) is 7.32. The van der Waals surface area contributed by atoms with Crippen LogP contribution in [0.4, 0.5) is 4.39 Å². The van der Waals surface area contributed by atoms with Crippen LogP contribution in [-0.4, -0.2) is 17.8 Å². The summed E-state index contributed by atoms with van der Waals surface area (Å²) in [7, 11) is 0. The zero-order valence-electron chi connectivity index (χ0n) is 13.6. The van der Waals surface area contributed by atoms with E-state index in [0.717, 1.165) is 40.4 Å². The highest BCUT2D eigenvalue weighted by Crippen LogP contribution is 2.20. The summed E-state index contributed by atoms with van der Waals surface area (Å²) in [6, 6.07) is 12.4. The molecular weight excluding hydrogens is 303 g/mol. The Balaban J connectivity index is 1.93. The van der Waals surface area contributed by atoms with Gasteiger partial charge in [-0.05, 0) is 60.0 Å². The molecule has 0 aliphatic carbocycles. The number of hydrogen-bond donors (Lipinski definition) is 1. The molecule has 2 aromatic carbocycles.